The molecule has 0 bridgehead atoms. The molecule has 0 aromatic heterocycles. The average molecular weight is 486 g/mol. The summed E-state index contributed by atoms with van der Waals surface area (Å²) >= 11 is 0. The SMILES string of the molecule is CCc1ccc(NC(=O)N(CCC(=O)N(CCc2ccccc2)Cc2ccccc2)C(C)CC)cc1. The number of nitrogens with zero attached hydrogens (tertiary/aromatic N) is 2. The molecule has 3 aromatic carbocycles. The molecule has 0 aliphatic heterocycles. The number of carbonyl (C=O) groups is 2. The second kappa shape index (κ2) is 14.1. The van der Waals surface area contributed by atoms with E-state index in [1.54, 1.807) is 4.90 Å². The summed E-state index contributed by atoms with van der Waals surface area (Å²) in [6.07, 6.45) is 2.86. The van der Waals surface area contributed by atoms with Gasteiger partial charge in [0.1, 0.15) is 0 Å². The van der Waals surface area contributed by atoms with Crippen molar-refractivity contribution in [2.24, 2.45) is 0 Å². The predicted molar refractivity (Wildman–Crippen MR) is 148 cm³/mol. The molecule has 0 fully saturated rings. The number of aryl methyl sites for hydroxylation is 1. The fraction of sp³-hybridized carbons (Fsp3) is 0.355. The number of amides is 3. The number of rotatable bonds is 12. The Morgan fingerprint density at radius 1 is 0.778 bits per heavy atom. The molecule has 190 valence electrons. The second-order valence-corrected chi connectivity index (χ2v) is 9.22. The fourth-order valence-corrected chi connectivity index (χ4v) is 4.14. The summed E-state index contributed by atoms with van der Waals surface area (Å²) in [5, 5.41) is 3.01. The molecule has 3 amide bonds. The second-order valence-electron chi connectivity index (χ2n) is 9.22. The summed E-state index contributed by atoms with van der Waals surface area (Å²) in [7, 11) is 0. The van der Waals surface area contributed by atoms with Crippen molar-refractivity contribution in [3.05, 3.63) is 102 Å². The maximum Gasteiger partial charge on any atom is 0.322 e. The molecule has 1 N–H and O–H groups in total. The summed E-state index contributed by atoms with van der Waals surface area (Å²) in [5.41, 5.74) is 4.31. The first-order chi connectivity index (χ1) is 17.5. The summed E-state index contributed by atoms with van der Waals surface area (Å²) in [6, 6.07) is 28.1. The van der Waals surface area contributed by atoms with Crippen molar-refractivity contribution >= 4 is 17.6 Å². The van der Waals surface area contributed by atoms with E-state index in [0.717, 1.165) is 30.5 Å². The molecule has 0 heterocycles. The van der Waals surface area contributed by atoms with E-state index in [1.165, 1.54) is 11.1 Å². The third kappa shape index (κ3) is 8.26. The zero-order chi connectivity index (χ0) is 25.8. The van der Waals surface area contributed by atoms with Gasteiger partial charge in [0, 0.05) is 37.8 Å². The van der Waals surface area contributed by atoms with E-state index in [1.807, 2.05) is 84.6 Å². The van der Waals surface area contributed by atoms with Gasteiger partial charge in [0.2, 0.25) is 5.91 Å². The van der Waals surface area contributed by atoms with E-state index >= 15 is 0 Å². The number of hydrogen-bond donors (Lipinski definition) is 1. The molecule has 5 heteroatoms. The van der Waals surface area contributed by atoms with E-state index in [0.29, 0.717) is 19.6 Å². The maximum absolute atomic E-state index is 13.4. The molecule has 1 atom stereocenters. The summed E-state index contributed by atoms with van der Waals surface area (Å²) in [6.45, 7) is 7.77. The van der Waals surface area contributed by atoms with E-state index < -0.39 is 0 Å². The maximum atomic E-state index is 13.4. The third-order valence-corrected chi connectivity index (χ3v) is 6.65. The first-order valence-electron chi connectivity index (χ1n) is 13.0. The average Bonchev–Trinajstić information content (AvgIpc) is 2.92. The van der Waals surface area contributed by atoms with Gasteiger partial charge >= 0.3 is 6.03 Å². The monoisotopic (exact) mass is 485 g/mol. The number of benzene rings is 3. The van der Waals surface area contributed by atoms with Crippen molar-refractivity contribution in [3.8, 4) is 0 Å². The zero-order valence-corrected chi connectivity index (χ0v) is 21.8. The number of urea groups is 1. The first-order valence-corrected chi connectivity index (χ1v) is 13.0. The highest BCUT2D eigenvalue weighted by Crippen LogP contribution is 2.15. The Balaban J connectivity index is 1.66. The molecule has 0 spiro atoms. The van der Waals surface area contributed by atoms with Crippen LogP contribution in [0.2, 0.25) is 0 Å². The summed E-state index contributed by atoms with van der Waals surface area (Å²) in [4.78, 5) is 30.2. The largest absolute Gasteiger partial charge is 0.338 e. The highest BCUT2D eigenvalue weighted by Gasteiger charge is 2.22. The molecular formula is C31H39N3O2. The molecule has 36 heavy (non-hydrogen) atoms. The van der Waals surface area contributed by atoms with Gasteiger partial charge in [0.25, 0.3) is 0 Å². The predicted octanol–water partition coefficient (Wildman–Crippen LogP) is 6.54. The van der Waals surface area contributed by atoms with Gasteiger partial charge in [-0.3, -0.25) is 4.79 Å². The van der Waals surface area contributed by atoms with E-state index in [9.17, 15) is 9.59 Å². The highest BCUT2D eigenvalue weighted by molar-refractivity contribution is 5.90. The summed E-state index contributed by atoms with van der Waals surface area (Å²) in [5.74, 6) is 0.0585. The van der Waals surface area contributed by atoms with Crippen LogP contribution in [-0.4, -0.2) is 40.9 Å². The van der Waals surface area contributed by atoms with Crippen LogP contribution in [0.15, 0.2) is 84.9 Å². The van der Waals surface area contributed by atoms with E-state index in [4.69, 9.17) is 0 Å². The van der Waals surface area contributed by atoms with Gasteiger partial charge in [-0.15, -0.1) is 0 Å². The van der Waals surface area contributed by atoms with Crippen LogP contribution in [0, 0.1) is 0 Å². The minimum absolute atomic E-state index is 0.0274. The lowest BCUT2D eigenvalue weighted by Crippen LogP contribution is -2.44. The molecule has 1 unspecified atom stereocenters. The molecule has 0 aliphatic rings. The quantitative estimate of drug-likeness (QED) is 0.317. The van der Waals surface area contributed by atoms with Crippen molar-refractivity contribution in [3.63, 3.8) is 0 Å². The topological polar surface area (TPSA) is 52.7 Å². The Morgan fingerprint density at radius 3 is 1.97 bits per heavy atom. The van der Waals surface area contributed by atoms with Crippen molar-refractivity contribution in [2.75, 3.05) is 18.4 Å². The number of nitrogens with one attached hydrogen (secondary N) is 1. The van der Waals surface area contributed by atoms with Gasteiger partial charge < -0.3 is 15.1 Å². The molecule has 0 aliphatic carbocycles. The van der Waals surface area contributed by atoms with Crippen molar-refractivity contribution in [1.82, 2.24) is 9.80 Å². The van der Waals surface area contributed by atoms with Gasteiger partial charge in [-0.1, -0.05) is 86.6 Å². The zero-order valence-electron chi connectivity index (χ0n) is 21.8. The molecular weight excluding hydrogens is 446 g/mol. The fourth-order valence-electron chi connectivity index (χ4n) is 4.14. The van der Waals surface area contributed by atoms with Crippen LogP contribution >= 0.6 is 0 Å². The Bertz CT molecular complexity index is 1070. The smallest absolute Gasteiger partial charge is 0.322 e. The Morgan fingerprint density at radius 2 is 1.39 bits per heavy atom. The molecule has 0 saturated carbocycles. The lowest BCUT2D eigenvalue weighted by atomic mass is 10.1. The van der Waals surface area contributed by atoms with Crippen LogP contribution in [-0.2, 0) is 24.2 Å². The summed E-state index contributed by atoms with van der Waals surface area (Å²) < 4.78 is 0. The van der Waals surface area contributed by atoms with Crippen LogP contribution in [0.3, 0.4) is 0 Å². The molecule has 0 saturated heterocycles. The molecule has 3 aromatic rings. The lowest BCUT2D eigenvalue weighted by Gasteiger charge is -2.30. The number of carbonyl (C=O) groups excluding carboxylic acids is 2. The van der Waals surface area contributed by atoms with Crippen LogP contribution in [0.4, 0.5) is 10.5 Å². The lowest BCUT2D eigenvalue weighted by molar-refractivity contribution is -0.132. The van der Waals surface area contributed by atoms with Crippen LogP contribution in [0.5, 0.6) is 0 Å². The van der Waals surface area contributed by atoms with Gasteiger partial charge in [0.15, 0.2) is 0 Å². The third-order valence-electron chi connectivity index (χ3n) is 6.65. The van der Waals surface area contributed by atoms with Crippen LogP contribution in [0.1, 0.15) is 50.3 Å². The normalized spacial score (nSPS) is 11.5. The number of anilines is 1. The van der Waals surface area contributed by atoms with Crippen LogP contribution in [0.25, 0.3) is 0 Å². The minimum Gasteiger partial charge on any atom is -0.338 e. The van der Waals surface area contributed by atoms with Crippen molar-refractivity contribution in [1.29, 1.82) is 0 Å². The van der Waals surface area contributed by atoms with Gasteiger partial charge in [-0.25, -0.2) is 4.79 Å². The number of hydrogen-bond acceptors (Lipinski definition) is 2. The standard InChI is InChI=1S/C31H39N3O2/c1-4-25(3)34(31(36)32-29-18-16-26(5-2)17-19-29)23-21-30(35)33(24-28-14-10-7-11-15-28)22-20-27-12-8-6-9-13-27/h6-19,25H,4-5,20-24H2,1-3H3,(H,32,36). The first kappa shape index (κ1) is 27.0. The van der Waals surface area contributed by atoms with E-state index in [-0.39, 0.29) is 24.4 Å². The van der Waals surface area contributed by atoms with Gasteiger partial charge in [-0.05, 0) is 55.0 Å². The Kier molecular flexibility index (Phi) is 10.6. The van der Waals surface area contributed by atoms with E-state index in [2.05, 4.69) is 31.3 Å². The Hall–Kier alpha value is -3.60. The molecule has 0 radical (unpaired) electrons. The Labute approximate surface area is 216 Å². The van der Waals surface area contributed by atoms with Crippen molar-refractivity contribution < 1.29 is 9.59 Å². The minimum atomic E-state index is -0.166. The molecule has 5 nitrogen and oxygen atoms in total. The molecule has 3 rings (SSSR count). The van der Waals surface area contributed by atoms with Crippen LogP contribution < -0.4 is 5.32 Å². The highest BCUT2D eigenvalue weighted by atomic mass is 16.2. The van der Waals surface area contributed by atoms with Gasteiger partial charge in [0.05, 0.1) is 0 Å². The van der Waals surface area contributed by atoms with Gasteiger partial charge in [-0.2, -0.15) is 0 Å². The van der Waals surface area contributed by atoms with Crippen molar-refractivity contribution in [2.45, 2.75) is 59.0 Å².